The van der Waals surface area contributed by atoms with Gasteiger partial charge in [-0.15, -0.1) is 0 Å². The van der Waals surface area contributed by atoms with Crippen molar-refractivity contribution < 1.29 is 0 Å². The number of hydrogen-bond donors (Lipinski definition) is 0. The molecule has 1 rings (SSSR count). The average Bonchev–Trinajstić information content (AvgIpc) is 2.35. The first-order valence-electron chi connectivity index (χ1n) is 5.47. The molecule has 86 valence electrons. The van der Waals surface area contributed by atoms with Crippen LogP contribution in [-0.2, 0) is 0 Å². The molecule has 0 saturated carbocycles. The molecule has 1 aromatic rings. The molecule has 1 heterocycles. The van der Waals surface area contributed by atoms with Crippen LogP contribution >= 0.6 is 15.9 Å². The number of aromatic nitrogens is 1. The average molecular weight is 281 g/mol. The van der Waals surface area contributed by atoms with E-state index in [0.29, 0.717) is 0 Å². The minimum Gasteiger partial charge on any atom is -0.378 e. The van der Waals surface area contributed by atoms with E-state index in [-0.39, 0.29) is 0 Å². The Balaban J connectivity index is 2.64. The second-order valence-electron chi connectivity index (χ2n) is 3.29. The standard InChI is InChI=1S/C13H17BrN2/c1-3-16(4-2)11-7-8-12(14)13-9-5-6-10-15-13/h5-11H,3-4H2,1-2H3/b11-7+,12-8+. The maximum atomic E-state index is 4.25. The van der Waals surface area contributed by atoms with Gasteiger partial charge in [0.25, 0.3) is 0 Å². The van der Waals surface area contributed by atoms with E-state index in [1.54, 1.807) is 6.20 Å². The predicted octanol–water partition coefficient (Wildman–Crippen LogP) is 3.67. The zero-order valence-corrected chi connectivity index (χ0v) is 11.3. The highest BCUT2D eigenvalue weighted by Gasteiger charge is 1.95. The van der Waals surface area contributed by atoms with Gasteiger partial charge in [0.2, 0.25) is 0 Å². The lowest BCUT2D eigenvalue weighted by Gasteiger charge is -2.13. The molecule has 0 aromatic carbocycles. The number of pyridine rings is 1. The van der Waals surface area contributed by atoms with Crippen LogP contribution in [0.2, 0.25) is 0 Å². The van der Waals surface area contributed by atoms with E-state index < -0.39 is 0 Å². The Kier molecular flexibility index (Phi) is 5.86. The monoisotopic (exact) mass is 280 g/mol. The molecule has 0 amide bonds. The van der Waals surface area contributed by atoms with Crippen LogP contribution in [0.1, 0.15) is 19.5 Å². The molecule has 1 aromatic heterocycles. The lowest BCUT2D eigenvalue weighted by molar-refractivity contribution is 0.419. The molecule has 0 aliphatic carbocycles. The normalized spacial score (nSPS) is 12.1. The van der Waals surface area contributed by atoms with Crippen molar-refractivity contribution in [2.45, 2.75) is 13.8 Å². The van der Waals surface area contributed by atoms with Gasteiger partial charge >= 0.3 is 0 Å². The van der Waals surface area contributed by atoms with Crippen molar-refractivity contribution in [2.24, 2.45) is 0 Å². The van der Waals surface area contributed by atoms with Crippen LogP contribution < -0.4 is 0 Å². The van der Waals surface area contributed by atoms with Gasteiger partial charge in [-0.2, -0.15) is 0 Å². The Morgan fingerprint density at radius 2 is 2.12 bits per heavy atom. The lowest BCUT2D eigenvalue weighted by Crippen LogP contribution is -2.14. The van der Waals surface area contributed by atoms with Crippen molar-refractivity contribution in [3.63, 3.8) is 0 Å². The van der Waals surface area contributed by atoms with Gasteiger partial charge in [0.15, 0.2) is 0 Å². The number of hydrogen-bond acceptors (Lipinski definition) is 2. The van der Waals surface area contributed by atoms with Crippen LogP contribution in [-0.4, -0.2) is 23.0 Å². The topological polar surface area (TPSA) is 16.1 Å². The molecule has 0 fully saturated rings. The molecule has 3 heteroatoms. The third kappa shape index (κ3) is 4.19. The van der Waals surface area contributed by atoms with Gasteiger partial charge in [0.05, 0.1) is 5.69 Å². The van der Waals surface area contributed by atoms with Crippen molar-refractivity contribution >= 4 is 20.4 Å². The first kappa shape index (κ1) is 13.0. The van der Waals surface area contributed by atoms with E-state index in [1.807, 2.05) is 30.4 Å². The Bertz CT molecular complexity index is 353. The van der Waals surface area contributed by atoms with Crippen LogP contribution in [0.5, 0.6) is 0 Å². The highest BCUT2D eigenvalue weighted by molar-refractivity contribution is 9.15. The van der Waals surface area contributed by atoms with Gasteiger partial charge in [-0.05, 0) is 60.3 Å². The first-order valence-corrected chi connectivity index (χ1v) is 6.26. The smallest absolute Gasteiger partial charge is 0.0771 e. The summed E-state index contributed by atoms with van der Waals surface area (Å²) >= 11 is 3.51. The Morgan fingerprint density at radius 3 is 2.69 bits per heavy atom. The highest BCUT2D eigenvalue weighted by Crippen LogP contribution is 2.18. The maximum Gasteiger partial charge on any atom is 0.0771 e. The lowest BCUT2D eigenvalue weighted by atomic mass is 10.3. The summed E-state index contributed by atoms with van der Waals surface area (Å²) in [7, 11) is 0. The molecule has 0 saturated heterocycles. The fourth-order valence-electron chi connectivity index (χ4n) is 1.27. The summed E-state index contributed by atoms with van der Waals surface area (Å²) in [4.78, 5) is 6.49. The Morgan fingerprint density at radius 1 is 1.38 bits per heavy atom. The molecule has 0 unspecified atom stereocenters. The molecule has 0 N–H and O–H groups in total. The number of rotatable bonds is 5. The summed E-state index contributed by atoms with van der Waals surface area (Å²) < 4.78 is 0.997. The molecule has 0 aliphatic rings. The maximum absolute atomic E-state index is 4.25. The zero-order chi connectivity index (χ0) is 11.8. The van der Waals surface area contributed by atoms with E-state index in [9.17, 15) is 0 Å². The minimum absolute atomic E-state index is 0.951. The molecule has 16 heavy (non-hydrogen) atoms. The summed E-state index contributed by atoms with van der Waals surface area (Å²) in [6.45, 7) is 6.35. The predicted molar refractivity (Wildman–Crippen MR) is 73.2 cm³/mol. The molecule has 0 atom stereocenters. The van der Waals surface area contributed by atoms with Crippen molar-refractivity contribution in [3.8, 4) is 0 Å². The van der Waals surface area contributed by atoms with Gasteiger partial charge in [-0.3, -0.25) is 4.98 Å². The third-order valence-corrected chi connectivity index (χ3v) is 2.93. The Labute approximate surface area is 106 Å². The van der Waals surface area contributed by atoms with Crippen molar-refractivity contribution in [1.82, 2.24) is 9.88 Å². The van der Waals surface area contributed by atoms with Crippen LogP contribution in [0.15, 0.2) is 42.7 Å². The summed E-state index contributed by atoms with van der Waals surface area (Å²) in [6, 6.07) is 5.87. The van der Waals surface area contributed by atoms with E-state index in [4.69, 9.17) is 0 Å². The van der Waals surface area contributed by atoms with Gasteiger partial charge < -0.3 is 4.90 Å². The molecule has 0 aliphatic heterocycles. The van der Waals surface area contributed by atoms with Gasteiger partial charge in [0.1, 0.15) is 0 Å². The summed E-state index contributed by atoms with van der Waals surface area (Å²) in [5.41, 5.74) is 0.951. The molecule has 0 bridgehead atoms. The summed E-state index contributed by atoms with van der Waals surface area (Å²) in [5.74, 6) is 0. The third-order valence-electron chi connectivity index (χ3n) is 2.26. The minimum atomic E-state index is 0.951. The largest absolute Gasteiger partial charge is 0.378 e. The number of allylic oxidation sites excluding steroid dienone is 2. The van der Waals surface area contributed by atoms with Crippen LogP contribution in [0.4, 0.5) is 0 Å². The van der Waals surface area contributed by atoms with Crippen LogP contribution in [0.25, 0.3) is 4.48 Å². The SMILES string of the molecule is CCN(/C=C/C=C(/Br)c1ccccn1)CC. The summed E-state index contributed by atoms with van der Waals surface area (Å²) in [6.07, 6.45) is 7.93. The van der Waals surface area contributed by atoms with E-state index in [2.05, 4.69) is 45.9 Å². The van der Waals surface area contributed by atoms with Gasteiger partial charge in [-0.25, -0.2) is 0 Å². The molecular formula is C13H17BrN2. The van der Waals surface area contributed by atoms with Gasteiger partial charge in [-0.1, -0.05) is 6.07 Å². The second kappa shape index (κ2) is 7.23. The van der Waals surface area contributed by atoms with E-state index in [0.717, 1.165) is 23.3 Å². The fraction of sp³-hybridized carbons (Fsp3) is 0.308. The van der Waals surface area contributed by atoms with E-state index in [1.165, 1.54) is 0 Å². The van der Waals surface area contributed by atoms with Gasteiger partial charge in [0, 0.05) is 23.8 Å². The summed E-state index contributed by atoms with van der Waals surface area (Å²) in [5, 5.41) is 0. The molecule has 0 radical (unpaired) electrons. The molecular weight excluding hydrogens is 264 g/mol. The second-order valence-corrected chi connectivity index (χ2v) is 4.15. The Hall–Kier alpha value is -1.09. The fourth-order valence-corrected chi connectivity index (χ4v) is 1.66. The molecule has 0 spiro atoms. The zero-order valence-electron chi connectivity index (χ0n) is 9.73. The first-order chi connectivity index (χ1) is 7.77. The number of halogens is 1. The number of nitrogens with zero attached hydrogens (tertiary/aromatic N) is 2. The van der Waals surface area contributed by atoms with E-state index >= 15 is 0 Å². The van der Waals surface area contributed by atoms with Crippen molar-refractivity contribution in [3.05, 3.63) is 48.4 Å². The van der Waals surface area contributed by atoms with Crippen LogP contribution in [0, 0.1) is 0 Å². The molecule has 2 nitrogen and oxygen atoms in total. The van der Waals surface area contributed by atoms with Crippen LogP contribution in [0.3, 0.4) is 0 Å². The highest BCUT2D eigenvalue weighted by atomic mass is 79.9. The van der Waals surface area contributed by atoms with Crippen molar-refractivity contribution in [2.75, 3.05) is 13.1 Å². The quantitative estimate of drug-likeness (QED) is 0.765. The van der Waals surface area contributed by atoms with Crippen molar-refractivity contribution in [1.29, 1.82) is 0 Å².